The third-order valence-corrected chi connectivity index (χ3v) is 3.06. The molecule has 0 bridgehead atoms. The molecule has 0 amide bonds. The van der Waals surface area contributed by atoms with Crippen molar-refractivity contribution >= 4 is 29.7 Å². The van der Waals surface area contributed by atoms with Gasteiger partial charge in [0, 0.05) is 29.5 Å². The Bertz CT molecular complexity index is 387. The van der Waals surface area contributed by atoms with Crippen molar-refractivity contribution < 1.29 is 3.89 Å². The van der Waals surface area contributed by atoms with Gasteiger partial charge in [-0.1, -0.05) is 23.7 Å². The molecule has 0 saturated carbocycles. The van der Waals surface area contributed by atoms with Crippen LogP contribution >= 0.6 is 23.7 Å². The molecule has 0 aromatic heterocycles. The highest BCUT2D eigenvalue weighted by molar-refractivity contribution is 7.94. The lowest BCUT2D eigenvalue weighted by molar-refractivity contribution is 0.879. The first kappa shape index (κ1) is 14.1. The van der Waals surface area contributed by atoms with Gasteiger partial charge in [0.05, 0.1) is 0 Å². The number of rotatable bonds is 6. The Kier molecular flexibility index (Phi) is 6.15. The van der Waals surface area contributed by atoms with E-state index in [-0.39, 0.29) is 5.96 Å². The summed E-state index contributed by atoms with van der Waals surface area (Å²) >= 11 is 6.46. The van der Waals surface area contributed by atoms with E-state index in [9.17, 15) is 3.89 Å². The maximum atomic E-state index is 11.9. The van der Waals surface area contributed by atoms with Gasteiger partial charge in [-0.05, 0) is 30.0 Å². The number of halogens is 2. The van der Waals surface area contributed by atoms with Crippen molar-refractivity contribution in [1.82, 2.24) is 5.32 Å². The van der Waals surface area contributed by atoms with E-state index >= 15 is 0 Å². The molecular weight excluding hydrogens is 261 g/mol. The Hall–Kier alpha value is -0.940. The molecule has 1 aromatic carbocycles. The first-order valence-corrected chi connectivity index (χ1v) is 6.48. The van der Waals surface area contributed by atoms with Crippen molar-refractivity contribution in [2.75, 3.05) is 5.75 Å². The van der Waals surface area contributed by atoms with E-state index in [1.807, 2.05) is 18.2 Å². The third-order valence-electron chi connectivity index (χ3n) is 2.27. The van der Waals surface area contributed by atoms with Crippen LogP contribution in [0.15, 0.2) is 18.2 Å². The molecule has 0 aliphatic carbocycles. The fourth-order valence-corrected chi connectivity index (χ4v) is 1.97. The molecule has 0 spiro atoms. The number of guanidine groups is 1. The third kappa shape index (κ3) is 5.28. The Morgan fingerprint density at radius 3 is 2.88 bits per heavy atom. The Morgan fingerprint density at radius 2 is 2.29 bits per heavy atom. The van der Waals surface area contributed by atoms with E-state index in [0.717, 1.165) is 24.0 Å². The first-order chi connectivity index (χ1) is 8.13. The van der Waals surface area contributed by atoms with Crippen LogP contribution in [0, 0.1) is 5.41 Å². The van der Waals surface area contributed by atoms with Gasteiger partial charge in [0.15, 0.2) is 5.96 Å². The summed E-state index contributed by atoms with van der Waals surface area (Å²) in [6.07, 6.45) is 1.54. The van der Waals surface area contributed by atoms with Gasteiger partial charge in [0.2, 0.25) is 0 Å². The fraction of sp³-hybridized carbons (Fsp3) is 0.364. The number of nitrogens with two attached hydrogens (primary N) is 1. The minimum atomic E-state index is -0.0647. The van der Waals surface area contributed by atoms with Crippen molar-refractivity contribution in [2.45, 2.75) is 19.4 Å². The molecule has 0 radical (unpaired) electrons. The van der Waals surface area contributed by atoms with Gasteiger partial charge in [-0.25, -0.2) is 0 Å². The standard InChI is InChI=1S/C11H15ClFN3S/c12-10-6-8(7-16-11(14)15)3-4-9(10)2-1-5-17-13/h3-4,6H,1-2,5,7H2,(H4,14,15,16). The van der Waals surface area contributed by atoms with Crippen molar-refractivity contribution in [1.29, 1.82) is 5.41 Å². The predicted molar refractivity (Wildman–Crippen MR) is 72.1 cm³/mol. The van der Waals surface area contributed by atoms with Crippen LogP contribution in [0.5, 0.6) is 0 Å². The first-order valence-electron chi connectivity index (χ1n) is 5.22. The maximum Gasteiger partial charge on any atom is 0.185 e. The normalized spacial score (nSPS) is 10.2. The number of aryl methyl sites for hydroxylation is 1. The van der Waals surface area contributed by atoms with Crippen LogP contribution in [-0.2, 0) is 13.0 Å². The molecule has 0 saturated heterocycles. The van der Waals surface area contributed by atoms with Crippen LogP contribution in [-0.4, -0.2) is 11.7 Å². The second-order valence-corrected chi connectivity index (χ2v) is 4.64. The highest BCUT2D eigenvalue weighted by atomic mass is 35.5. The van der Waals surface area contributed by atoms with E-state index in [2.05, 4.69) is 5.32 Å². The largest absolute Gasteiger partial charge is 0.370 e. The van der Waals surface area contributed by atoms with Gasteiger partial charge in [-0.2, -0.15) is 3.89 Å². The number of hydrogen-bond donors (Lipinski definition) is 3. The number of hydrogen-bond acceptors (Lipinski definition) is 2. The van der Waals surface area contributed by atoms with Crippen LogP contribution in [0.2, 0.25) is 5.02 Å². The smallest absolute Gasteiger partial charge is 0.185 e. The molecule has 94 valence electrons. The lowest BCUT2D eigenvalue weighted by Gasteiger charge is -2.07. The lowest BCUT2D eigenvalue weighted by atomic mass is 10.1. The minimum Gasteiger partial charge on any atom is -0.370 e. The average molecular weight is 276 g/mol. The quantitative estimate of drug-likeness (QED) is 0.425. The predicted octanol–water partition coefficient (Wildman–Crippen LogP) is 2.87. The van der Waals surface area contributed by atoms with Gasteiger partial charge in [-0.15, -0.1) is 0 Å². The summed E-state index contributed by atoms with van der Waals surface area (Å²) in [5.41, 5.74) is 7.18. The van der Waals surface area contributed by atoms with Gasteiger partial charge in [0.25, 0.3) is 0 Å². The van der Waals surface area contributed by atoms with Crippen LogP contribution < -0.4 is 11.1 Å². The summed E-state index contributed by atoms with van der Waals surface area (Å²) in [5, 5.41) is 10.4. The zero-order valence-corrected chi connectivity index (χ0v) is 10.9. The van der Waals surface area contributed by atoms with Crippen LogP contribution in [0.1, 0.15) is 17.5 Å². The molecule has 0 atom stereocenters. The molecule has 1 aromatic rings. The van der Waals surface area contributed by atoms with Crippen molar-refractivity contribution in [3.63, 3.8) is 0 Å². The summed E-state index contributed by atoms with van der Waals surface area (Å²) in [7, 11) is 0. The van der Waals surface area contributed by atoms with E-state index in [0.29, 0.717) is 29.5 Å². The topological polar surface area (TPSA) is 61.9 Å². The zero-order chi connectivity index (χ0) is 12.7. The van der Waals surface area contributed by atoms with E-state index in [1.165, 1.54) is 0 Å². The van der Waals surface area contributed by atoms with Crippen LogP contribution in [0.25, 0.3) is 0 Å². The average Bonchev–Trinajstić information content (AvgIpc) is 2.29. The van der Waals surface area contributed by atoms with E-state index in [1.54, 1.807) is 0 Å². The van der Waals surface area contributed by atoms with E-state index < -0.39 is 0 Å². The fourth-order valence-electron chi connectivity index (χ4n) is 1.42. The molecule has 0 aliphatic heterocycles. The summed E-state index contributed by atoms with van der Waals surface area (Å²) in [6.45, 7) is 0.482. The van der Waals surface area contributed by atoms with Crippen molar-refractivity contribution in [3.05, 3.63) is 34.3 Å². The monoisotopic (exact) mass is 275 g/mol. The second-order valence-electron chi connectivity index (χ2n) is 3.61. The molecule has 4 N–H and O–H groups in total. The Labute approximate surface area is 110 Å². The maximum absolute atomic E-state index is 11.9. The van der Waals surface area contributed by atoms with Crippen molar-refractivity contribution in [2.24, 2.45) is 5.73 Å². The molecule has 0 heterocycles. The second kappa shape index (κ2) is 7.40. The Balaban J connectivity index is 2.56. The number of benzene rings is 1. The van der Waals surface area contributed by atoms with Crippen LogP contribution in [0.4, 0.5) is 3.89 Å². The van der Waals surface area contributed by atoms with Gasteiger partial charge in [-0.3, -0.25) is 5.41 Å². The van der Waals surface area contributed by atoms with Gasteiger partial charge >= 0.3 is 0 Å². The summed E-state index contributed by atoms with van der Waals surface area (Å²) in [4.78, 5) is 0. The SMILES string of the molecule is N=C(N)NCc1ccc(CCCSF)c(Cl)c1. The molecule has 1 rings (SSSR count). The summed E-state index contributed by atoms with van der Waals surface area (Å²) < 4.78 is 11.9. The highest BCUT2D eigenvalue weighted by Gasteiger charge is 2.02. The molecule has 3 nitrogen and oxygen atoms in total. The van der Waals surface area contributed by atoms with Crippen LogP contribution in [0.3, 0.4) is 0 Å². The molecule has 17 heavy (non-hydrogen) atoms. The molecular formula is C11H15ClFN3S. The Morgan fingerprint density at radius 1 is 1.53 bits per heavy atom. The van der Waals surface area contributed by atoms with Crippen molar-refractivity contribution in [3.8, 4) is 0 Å². The molecule has 0 aliphatic rings. The highest BCUT2D eigenvalue weighted by Crippen LogP contribution is 2.20. The molecule has 0 fully saturated rings. The minimum absolute atomic E-state index is 0.0647. The zero-order valence-electron chi connectivity index (χ0n) is 9.30. The summed E-state index contributed by atoms with van der Waals surface area (Å²) in [6, 6.07) is 5.71. The number of nitrogens with one attached hydrogen (secondary N) is 2. The summed E-state index contributed by atoms with van der Waals surface area (Å²) in [5.74, 6) is 0.425. The van der Waals surface area contributed by atoms with E-state index in [4.69, 9.17) is 22.7 Å². The van der Waals surface area contributed by atoms with Gasteiger partial charge < -0.3 is 11.1 Å². The lowest BCUT2D eigenvalue weighted by Crippen LogP contribution is -2.29. The molecule has 6 heteroatoms. The van der Waals surface area contributed by atoms with Gasteiger partial charge in [0.1, 0.15) is 0 Å². The molecule has 0 unspecified atom stereocenters.